The van der Waals surface area contributed by atoms with Gasteiger partial charge >= 0.3 is 0 Å². The summed E-state index contributed by atoms with van der Waals surface area (Å²) in [6.45, 7) is 1.93. The van der Waals surface area contributed by atoms with Crippen molar-refractivity contribution >= 4 is 17.4 Å². The molecule has 0 radical (unpaired) electrons. The van der Waals surface area contributed by atoms with Crippen molar-refractivity contribution in [1.29, 1.82) is 0 Å². The van der Waals surface area contributed by atoms with Crippen LogP contribution in [0.2, 0.25) is 0 Å². The predicted octanol–water partition coefficient (Wildman–Crippen LogP) is 1.58. The zero-order valence-corrected chi connectivity index (χ0v) is 16.1. The number of halogens is 1. The molecule has 3 rings (SSSR count). The van der Waals surface area contributed by atoms with Gasteiger partial charge in [0, 0.05) is 19.1 Å². The fourth-order valence-corrected chi connectivity index (χ4v) is 3.29. The summed E-state index contributed by atoms with van der Waals surface area (Å²) in [5.41, 5.74) is 7.47. The van der Waals surface area contributed by atoms with E-state index < -0.39 is 23.5 Å². The summed E-state index contributed by atoms with van der Waals surface area (Å²) < 4.78 is 13.4. The first-order valence-electron chi connectivity index (χ1n) is 9.24. The summed E-state index contributed by atoms with van der Waals surface area (Å²) in [6, 6.07) is 7.31. The van der Waals surface area contributed by atoms with Crippen LogP contribution in [0.1, 0.15) is 12.0 Å². The number of phenols is 1. The Labute approximate surface area is 164 Å². The van der Waals surface area contributed by atoms with E-state index >= 15 is 0 Å². The van der Waals surface area contributed by atoms with Gasteiger partial charge in [-0.25, -0.2) is 9.37 Å². The van der Waals surface area contributed by atoms with Crippen molar-refractivity contribution in [3.8, 4) is 5.75 Å². The van der Waals surface area contributed by atoms with Crippen LogP contribution in [-0.4, -0.2) is 60.2 Å². The molecule has 0 bridgehead atoms. The molecule has 2 aromatic rings. The molecule has 1 aliphatic rings. The third kappa shape index (κ3) is 4.76. The van der Waals surface area contributed by atoms with E-state index in [0.29, 0.717) is 17.4 Å². The maximum atomic E-state index is 13.4. The second-order valence-corrected chi connectivity index (χ2v) is 7.34. The van der Waals surface area contributed by atoms with Crippen LogP contribution in [0.15, 0.2) is 36.5 Å². The molecule has 4 N–H and O–H groups in total. The molecule has 2 unspecified atom stereocenters. The molecule has 28 heavy (non-hydrogen) atoms. The maximum Gasteiger partial charge on any atom is 0.242 e. The predicted molar refractivity (Wildman–Crippen MR) is 107 cm³/mol. The van der Waals surface area contributed by atoms with Gasteiger partial charge in [-0.2, -0.15) is 0 Å². The third-order valence-corrected chi connectivity index (χ3v) is 5.06. The molecular weight excluding hydrogens is 361 g/mol. The van der Waals surface area contributed by atoms with Crippen LogP contribution in [0.4, 0.5) is 15.9 Å². The summed E-state index contributed by atoms with van der Waals surface area (Å²) in [4.78, 5) is 21.1. The van der Waals surface area contributed by atoms with E-state index in [1.807, 2.05) is 6.07 Å². The molecule has 0 saturated carbocycles. The quantitative estimate of drug-likeness (QED) is 0.697. The van der Waals surface area contributed by atoms with Crippen LogP contribution in [0.3, 0.4) is 0 Å². The Kier molecular flexibility index (Phi) is 6.11. The SMILES string of the molecule is CN(C)C1CCN(c2ccc(NC(=O)C(N)Cc3ccc(O)c(F)c3)nc2)C1. The van der Waals surface area contributed by atoms with Crippen LogP contribution >= 0.6 is 0 Å². The number of carbonyl (C=O) groups is 1. The van der Waals surface area contributed by atoms with Crippen molar-refractivity contribution in [1.82, 2.24) is 9.88 Å². The lowest BCUT2D eigenvalue weighted by Crippen LogP contribution is -2.37. The maximum absolute atomic E-state index is 13.4. The smallest absolute Gasteiger partial charge is 0.242 e. The minimum absolute atomic E-state index is 0.154. The van der Waals surface area contributed by atoms with Crippen molar-refractivity contribution in [2.24, 2.45) is 5.73 Å². The van der Waals surface area contributed by atoms with Gasteiger partial charge in [-0.3, -0.25) is 4.79 Å². The Hall–Kier alpha value is -2.71. The van der Waals surface area contributed by atoms with Crippen molar-refractivity contribution in [3.05, 3.63) is 47.9 Å². The van der Waals surface area contributed by atoms with Crippen LogP contribution in [0, 0.1) is 5.82 Å². The van der Waals surface area contributed by atoms with Crippen molar-refractivity contribution in [2.45, 2.75) is 24.9 Å². The van der Waals surface area contributed by atoms with E-state index in [0.717, 1.165) is 25.2 Å². The highest BCUT2D eigenvalue weighted by Crippen LogP contribution is 2.22. The van der Waals surface area contributed by atoms with E-state index in [4.69, 9.17) is 5.73 Å². The zero-order chi connectivity index (χ0) is 20.3. The first-order chi connectivity index (χ1) is 13.3. The standard InChI is InChI=1S/C20H26FN5O2/c1-25(2)15-7-8-26(12-15)14-4-6-19(23-11-14)24-20(28)17(22)10-13-3-5-18(27)16(21)9-13/h3-6,9,11,15,17,27H,7-8,10,12,22H2,1-2H3,(H,23,24,28). The monoisotopic (exact) mass is 387 g/mol. The summed E-state index contributed by atoms with van der Waals surface area (Å²) in [5.74, 6) is -1.14. The molecule has 1 amide bonds. The minimum atomic E-state index is -0.857. The summed E-state index contributed by atoms with van der Waals surface area (Å²) in [7, 11) is 4.17. The second kappa shape index (κ2) is 8.53. The van der Waals surface area contributed by atoms with E-state index in [2.05, 4.69) is 34.2 Å². The number of benzene rings is 1. The molecule has 0 spiro atoms. The summed E-state index contributed by atoms with van der Waals surface area (Å²) >= 11 is 0. The lowest BCUT2D eigenvalue weighted by atomic mass is 10.1. The summed E-state index contributed by atoms with van der Waals surface area (Å²) in [6.07, 6.45) is 3.01. The van der Waals surface area contributed by atoms with Crippen LogP contribution in [0.25, 0.3) is 0 Å². The lowest BCUT2D eigenvalue weighted by Gasteiger charge is -2.21. The number of hydrogen-bond acceptors (Lipinski definition) is 6. The van der Waals surface area contributed by atoms with Gasteiger partial charge in [0.1, 0.15) is 5.82 Å². The van der Waals surface area contributed by atoms with E-state index in [1.165, 1.54) is 18.2 Å². The van der Waals surface area contributed by atoms with Crippen molar-refractivity contribution in [3.63, 3.8) is 0 Å². The Morgan fingerprint density at radius 2 is 2.21 bits per heavy atom. The molecule has 8 heteroatoms. The molecule has 1 saturated heterocycles. The van der Waals surface area contributed by atoms with Gasteiger partial charge in [-0.15, -0.1) is 0 Å². The second-order valence-electron chi connectivity index (χ2n) is 7.34. The molecule has 2 heterocycles. The fourth-order valence-electron chi connectivity index (χ4n) is 3.29. The lowest BCUT2D eigenvalue weighted by molar-refractivity contribution is -0.117. The molecule has 150 valence electrons. The largest absolute Gasteiger partial charge is 0.505 e. The molecule has 0 aliphatic carbocycles. The highest BCUT2D eigenvalue weighted by molar-refractivity contribution is 5.94. The van der Waals surface area contributed by atoms with Crippen molar-refractivity contribution < 1.29 is 14.3 Å². The van der Waals surface area contributed by atoms with Gasteiger partial charge in [0.15, 0.2) is 11.6 Å². The number of amides is 1. The number of rotatable bonds is 6. The van der Waals surface area contributed by atoms with Crippen LogP contribution in [-0.2, 0) is 11.2 Å². The normalized spacial score (nSPS) is 17.8. The van der Waals surface area contributed by atoms with E-state index in [-0.39, 0.29) is 6.42 Å². The molecule has 2 atom stereocenters. The molecular formula is C20H26FN5O2. The Bertz CT molecular complexity index is 828. The van der Waals surface area contributed by atoms with Gasteiger partial charge in [0.25, 0.3) is 0 Å². The number of carbonyl (C=O) groups excluding carboxylic acids is 1. The number of aromatic hydroxyl groups is 1. The molecule has 1 aromatic heterocycles. The molecule has 7 nitrogen and oxygen atoms in total. The number of aromatic nitrogens is 1. The first kappa shape index (κ1) is 20.0. The number of nitrogens with zero attached hydrogens (tertiary/aromatic N) is 3. The van der Waals surface area contributed by atoms with Gasteiger partial charge < -0.3 is 26.0 Å². The number of phenolic OH excluding ortho intramolecular Hbond substituents is 1. The Morgan fingerprint density at radius 1 is 1.43 bits per heavy atom. The van der Waals surface area contributed by atoms with Gasteiger partial charge in [-0.1, -0.05) is 6.07 Å². The number of pyridine rings is 1. The van der Waals surface area contributed by atoms with E-state index in [1.54, 1.807) is 12.3 Å². The highest BCUT2D eigenvalue weighted by atomic mass is 19.1. The average molecular weight is 387 g/mol. The summed E-state index contributed by atoms with van der Waals surface area (Å²) in [5, 5.41) is 11.9. The number of anilines is 2. The van der Waals surface area contributed by atoms with Crippen LogP contribution < -0.4 is 16.0 Å². The zero-order valence-electron chi connectivity index (χ0n) is 16.1. The Balaban J connectivity index is 1.56. The molecule has 1 fully saturated rings. The van der Waals surface area contributed by atoms with Gasteiger partial charge in [0.05, 0.1) is 17.9 Å². The third-order valence-electron chi connectivity index (χ3n) is 5.06. The topological polar surface area (TPSA) is 94.7 Å². The molecule has 1 aromatic carbocycles. The van der Waals surface area contributed by atoms with Crippen LogP contribution in [0.5, 0.6) is 5.75 Å². The average Bonchev–Trinajstić information content (AvgIpc) is 3.16. The first-order valence-corrected chi connectivity index (χ1v) is 9.24. The molecule has 1 aliphatic heterocycles. The van der Waals surface area contributed by atoms with Gasteiger partial charge in [0.2, 0.25) is 5.91 Å². The number of nitrogens with one attached hydrogen (secondary N) is 1. The number of likely N-dealkylation sites (N-methyl/N-ethyl adjacent to an activating group) is 1. The van der Waals surface area contributed by atoms with E-state index in [9.17, 15) is 14.3 Å². The number of hydrogen-bond donors (Lipinski definition) is 3. The Morgan fingerprint density at radius 3 is 2.82 bits per heavy atom. The number of nitrogens with two attached hydrogens (primary N) is 1. The minimum Gasteiger partial charge on any atom is -0.505 e. The van der Waals surface area contributed by atoms with Crippen molar-refractivity contribution in [2.75, 3.05) is 37.4 Å². The highest BCUT2D eigenvalue weighted by Gasteiger charge is 2.24. The van der Waals surface area contributed by atoms with Gasteiger partial charge in [-0.05, 0) is 56.8 Å². The fraction of sp³-hybridized carbons (Fsp3) is 0.400.